The van der Waals surface area contributed by atoms with Crippen molar-refractivity contribution in [3.8, 4) is 5.75 Å². The zero-order valence-electron chi connectivity index (χ0n) is 12.2. The largest absolute Gasteiger partial charge is 0.492 e. The van der Waals surface area contributed by atoms with Gasteiger partial charge in [0.2, 0.25) is 0 Å². The monoisotopic (exact) mass is 297 g/mol. The van der Waals surface area contributed by atoms with Crippen molar-refractivity contribution in [2.75, 3.05) is 26.9 Å². The molecule has 1 saturated carbocycles. The highest BCUT2D eigenvalue weighted by Crippen LogP contribution is 2.29. The Balaban J connectivity index is 1.78. The topological polar surface area (TPSA) is 30.5 Å². The summed E-state index contributed by atoms with van der Waals surface area (Å²) >= 11 is 6.28. The molecule has 0 aliphatic heterocycles. The fourth-order valence-corrected chi connectivity index (χ4v) is 2.82. The third-order valence-corrected chi connectivity index (χ3v) is 4.05. The first-order valence-electron chi connectivity index (χ1n) is 7.40. The normalized spacial score (nSPS) is 15.7. The standard InChI is InChI=1S/C16H24ClNO2/c1-19-9-8-18-11-14-6-7-16(15(17)10-14)20-12-13-4-2-3-5-13/h6-7,10,13,18H,2-5,8-9,11-12H2,1H3. The number of hydrogen-bond acceptors (Lipinski definition) is 3. The molecule has 1 fully saturated rings. The summed E-state index contributed by atoms with van der Waals surface area (Å²) in [7, 11) is 1.70. The predicted octanol–water partition coefficient (Wildman–Crippen LogP) is 3.65. The molecule has 112 valence electrons. The summed E-state index contributed by atoms with van der Waals surface area (Å²) in [4.78, 5) is 0. The molecule has 0 radical (unpaired) electrons. The van der Waals surface area contributed by atoms with Crippen molar-refractivity contribution < 1.29 is 9.47 Å². The zero-order valence-corrected chi connectivity index (χ0v) is 12.9. The van der Waals surface area contributed by atoms with E-state index in [0.717, 1.165) is 32.1 Å². The molecule has 0 saturated heterocycles. The van der Waals surface area contributed by atoms with Crippen molar-refractivity contribution in [1.29, 1.82) is 0 Å². The van der Waals surface area contributed by atoms with E-state index in [2.05, 4.69) is 11.4 Å². The van der Waals surface area contributed by atoms with Gasteiger partial charge >= 0.3 is 0 Å². The molecule has 0 atom stereocenters. The molecule has 1 N–H and O–H groups in total. The minimum absolute atomic E-state index is 0.703. The minimum atomic E-state index is 0.703. The highest BCUT2D eigenvalue weighted by atomic mass is 35.5. The van der Waals surface area contributed by atoms with E-state index in [9.17, 15) is 0 Å². The van der Waals surface area contributed by atoms with Crippen LogP contribution in [0, 0.1) is 5.92 Å². The summed E-state index contributed by atoms with van der Waals surface area (Å²) < 4.78 is 10.8. The molecule has 0 unspecified atom stereocenters. The van der Waals surface area contributed by atoms with Crippen molar-refractivity contribution >= 4 is 11.6 Å². The van der Waals surface area contributed by atoms with Gasteiger partial charge in [0.25, 0.3) is 0 Å². The van der Waals surface area contributed by atoms with Gasteiger partial charge in [-0.15, -0.1) is 0 Å². The van der Waals surface area contributed by atoms with Crippen LogP contribution < -0.4 is 10.1 Å². The van der Waals surface area contributed by atoms with Crippen LogP contribution in [0.25, 0.3) is 0 Å². The van der Waals surface area contributed by atoms with Gasteiger partial charge in [-0.3, -0.25) is 0 Å². The van der Waals surface area contributed by atoms with Gasteiger partial charge < -0.3 is 14.8 Å². The lowest BCUT2D eigenvalue weighted by atomic mass is 10.1. The zero-order chi connectivity index (χ0) is 14.2. The quantitative estimate of drug-likeness (QED) is 0.743. The molecule has 1 aromatic rings. The van der Waals surface area contributed by atoms with Gasteiger partial charge in [-0.1, -0.05) is 30.5 Å². The second-order valence-electron chi connectivity index (χ2n) is 5.40. The van der Waals surface area contributed by atoms with Crippen LogP contribution in [-0.2, 0) is 11.3 Å². The van der Waals surface area contributed by atoms with E-state index in [1.165, 1.54) is 31.2 Å². The predicted molar refractivity (Wildman–Crippen MR) is 82.5 cm³/mol. The third kappa shape index (κ3) is 4.97. The van der Waals surface area contributed by atoms with Crippen LogP contribution in [0.2, 0.25) is 5.02 Å². The second kappa shape index (κ2) is 8.50. The maximum atomic E-state index is 6.28. The summed E-state index contributed by atoms with van der Waals surface area (Å²) in [5.41, 5.74) is 1.17. The van der Waals surface area contributed by atoms with Gasteiger partial charge in [-0.05, 0) is 36.5 Å². The number of ether oxygens (including phenoxy) is 2. The molecule has 0 amide bonds. The van der Waals surface area contributed by atoms with Crippen LogP contribution in [-0.4, -0.2) is 26.9 Å². The average molecular weight is 298 g/mol. The lowest BCUT2D eigenvalue weighted by Gasteiger charge is -2.13. The van der Waals surface area contributed by atoms with Crippen molar-refractivity contribution in [2.24, 2.45) is 5.92 Å². The summed E-state index contributed by atoms with van der Waals surface area (Å²) in [6, 6.07) is 6.02. The van der Waals surface area contributed by atoms with Gasteiger partial charge in [0.1, 0.15) is 5.75 Å². The lowest BCUT2D eigenvalue weighted by Crippen LogP contribution is -2.18. The summed E-state index contributed by atoms with van der Waals surface area (Å²) in [5, 5.41) is 4.00. The fraction of sp³-hybridized carbons (Fsp3) is 0.625. The van der Waals surface area contributed by atoms with Crippen LogP contribution in [0.15, 0.2) is 18.2 Å². The van der Waals surface area contributed by atoms with Gasteiger partial charge in [-0.25, -0.2) is 0 Å². The fourth-order valence-electron chi connectivity index (χ4n) is 2.56. The van der Waals surface area contributed by atoms with Crippen molar-refractivity contribution in [1.82, 2.24) is 5.32 Å². The number of halogens is 1. The van der Waals surface area contributed by atoms with Crippen molar-refractivity contribution in [2.45, 2.75) is 32.2 Å². The summed E-state index contributed by atoms with van der Waals surface area (Å²) in [6.07, 6.45) is 5.26. The second-order valence-corrected chi connectivity index (χ2v) is 5.80. The van der Waals surface area contributed by atoms with E-state index in [1.54, 1.807) is 7.11 Å². The Labute approximate surface area is 126 Å². The van der Waals surface area contributed by atoms with E-state index >= 15 is 0 Å². The molecule has 2 rings (SSSR count). The Bertz CT molecular complexity index is 405. The van der Waals surface area contributed by atoms with Gasteiger partial charge in [0.05, 0.1) is 18.2 Å². The first-order valence-corrected chi connectivity index (χ1v) is 7.78. The number of benzene rings is 1. The van der Waals surface area contributed by atoms with Crippen molar-refractivity contribution in [3.05, 3.63) is 28.8 Å². The maximum absolute atomic E-state index is 6.28. The smallest absolute Gasteiger partial charge is 0.137 e. The van der Waals surface area contributed by atoms with E-state index in [4.69, 9.17) is 21.1 Å². The van der Waals surface area contributed by atoms with Gasteiger partial charge in [-0.2, -0.15) is 0 Å². The Kier molecular flexibility index (Phi) is 6.64. The highest BCUT2D eigenvalue weighted by Gasteiger charge is 2.16. The first-order chi connectivity index (χ1) is 9.79. The van der Waals surface area contributed by atoms with E-state index in [-0.39, 0.29) is 0 Å². The first kappa shape index (κ1) is 15.6. The number of methoxy groups -OCH3 is 1. The lowest BCUT2D eigenvalue weighted by molar-refractivity contribution is 0.199. The van der Waals surface area contributed by atoms with Gasteiger partial charge in [0.15, 0.2) is 0 Å². The van der Waals surface area contributed by atoms with Crippen LogP contribution in [0.3, 0.4) is 0 Å². The van der Waals surface area contributed by atoms with E-state index in [1.807, 2.05) is 12.1 Å². The third-order valence-electron chi connectivity index (χ3n) is 3.76. The Hall–Kier alpha value is -0.770. The molecule has 1 aliphatic carbocycles. The van der Waals surface area contributed by atoms with Crippen LogP contribution in [0.5, 0.6) is 5.75 Å². The maximum Gasteiger partial charge on any atom is 0.137 e. The molecule has 20 heavy (non-hydrogen) atoms. The SMILES string of the molecule is COCCNCc1ccc(OCC2CCCC2)c(Cl)c1. The van der Waals surface area contributed by atoms with E-state index < -0.39 is 0 Å². The van der Waals surface area contributed by atoms with Crippen LogP contribution >= 0.6 is 11.6 Å². The number of nitrogens with one attached hydrogen (secondary N) is 1. The Morgan fingerprint density at radius 1 is 1.30 bits per heavy atom. The number of rotatable bonds is 8. The molecule has 0 bridgehead atoms. The molecule has 1 aliphatic rings. The molecule has 0 aromatic heterocycles. The Morgan fingerprint density at radius 3 is 2.80 bits per heavy atom. The minimum Gasteiger partial charge on any atom is -0.492 e. The highest BCUT2D eigenvalue weighted by molar-refractivity contribution is 6.32. The van der Waals surface area contributed by atoms with Crippen LogP contribution in [0.4, 0.5) is 0 Å². The van der Waals surface area contributed by atoms with E-state index in [0.29, 0.717) is 10.9 Å². The van der Waals surface area contributed by atoms with Crippen molar-refractivity contribution in [3.63, 3.8) is 0 Å². The molecule has 1 aromatic carbocycles. The number of hydrogen-bond donors (Lipinski definition) is 1. The Morgan fingerprint density at radius 2 is 2.10 bits per heavy atom. The molecular formula is C16H24ClNO2. The van der Waals surface area contributed by atoms with Crippen LogP contribution in [0.1, 0.15) is 31.2 Å². The molecule has 3 nitrogen and oxygen atoms in total. The summed E-state index contributed by atoms with van der Waals surface area (Å²) in [5.74, 6) is 1.51. The molecular weight excluding hydrogens is 274 g/mol. The molecule has 4 heteroatoms. The van der Waals surface area contributed by atoms with Gasteiger partial charge in [0, 0.05) is 20.2 Å². The molecule has 0 heterocycles. The molecule has 0 spiro atoms. The average Bonchev–Trinajstić information content (AvgIpc) is 2.96. The summed E-state index contributed by atoms with van der Waals surface area (Å²) in [6.45, 7) is 3.15.